The number of pyridine rings is 1. The molecule has 3 rings (SSSR count). The van der Waals surface area contributed by atoms with Gasteiger partial charge in [0.2, 0.25) is 0 Å². The number of carbonyl (C=O) groups is 1. The van der Waals surface area contributed by atoms with Gasteiger partial charge < -0.3 is 10.2 Å². The minimum Gasteiger partial charge on any atom is -0.351 e. The first-order valence-corrected chi connectivity index (χ1v) is 7.94. The molecule has 1 aromatic carbocycles. The van der Waals surface area contributed by atoms with Crippen LogP contribution in [0, 0.1) is 6.92 Å². The first-order chi connectivity index (χ1) is 11.1. The van der Waals surface area contributed by atoms with Crippen molar-refractivity contribution < 1.29 is 4.79 Å². The van der Waals surface area contributed by atoms with Gasteiger partial charge in [0.1, 0.15) is 5.82 Å². The predicted octanol–water partition coefficient (Wildman–Crippen LogP) is 3.82. The molecule has 0 saturated heterocycles. The van der Waals surface area contributed by atoms with Crippen LogP contribution in [0.4, 0.5) is 11.5 Å². The summed E-state index contributed by atoms with van der Waals surface area (Å²) in [6.07, 6.45) is 4.34. The van der Waals surface area contributed by atoms with E-state index in [1.54, 1.807) is 6.20 Å². The van der Waals surface area contributed by atoms with Crippen LogP contribution in [0.25, 0.3) is 0 Å². The van der Waals surface area contributed by atoms with Gasteiger partial charge in [0.25, 0.3) is 5.91 Å². The second-order valence-corrected chi connectivity index (χ2v) is 5.96. The van der Waals surface area contributed by atoms with E-state index in [9.17, 15) is 4.79 Å². The smallest absolute Gasteiger partial charge is 0.251 e. The largest absolute Gasteiger partial charge is 0.351 e. The number of halogens is 1. The number of anilines is 2. The number of aryl methyl sites for hydroxylation is 1. The molecule has 0 radical (unpaired) electrons. The molecule has 2 aromatic rings. The lowest BCUT2D eigenvalue weighted by atomic mass is 10.1. The van der Waals surface area contributed by atoms with Gasteiger partial charge >= 0.3 is 0 Å². The van der Waals surface area contributed by atoms with E-state index < -0.39 is 0 Å². The Bertz CT molecular complexity index is 740. The van der Waals surface area contributed by atoms with E-state index in [1.807, 2.05) is 49.4 Å². The molecule has 0 aliphatic carbocycles. The Morgan fingerprint density at radius 2 is 2.04 bits per heavy atom. The molecule has 1 N–H and O–H groups in total. The lowest BCUT2D eigenvalue weighted by Crippen LogP contribution is -2.32. The number of hydrogen-bond donors (Lipinski definition) is 1. The van der Waals surface area contributed by atoms with E-state index in [0.29, 0.717) is 18.0 Å². The van der Waals surface area contributed by atoms with Crippen molar-refractivity contribution in [3.63, 3.8) is 0 Å². The molecule has 0 spiro atoms. The van der Waals surface area contributed by atoms with Crippen LogP contribution in [-0.4, -0.2) is 24.0 Å². The Kier molecular flexibility index (Phi) is 4.63. The molecular weight excluding hydrogens is 310 g/mol. The number of nitrogens with zero attached hydrogens (tertiary/aromatic N) is 2. The highest BCUT2D eigenvalue weighted by Gasteiger charge is 2.19. The molecule has 118 valence electrons. The summed E-state index contributed by atoms with van der Waals surface area (Å²) in [5.74, 6) is 0.726. The number of aromatic nitrogens is 1. The highest BCUT2D eigenvalue weighted by molar-refractivity contribution is 6.32. The van der Waals surface area contributed by atoms with Gasteiger partial charge in [-0.25, -0.2) is 4.98 Å². The minimum atomic E-state index is -0.0411. The summed E-state index contributed by atoms with van der Waals surface area (Å²) in [5, 5.41) is 3.57. The van der Waals surface area contributed by atoms with Crippen molar-refractivity contribution in [3.8, 4) is 0 Å². The van der Waals surface area contributed by atoms with Crippen molar-refractivity contribution in [3.05, 3.63) is 64.8 Å². The van der Waals surface area contributed by atoms with Gasteiger partial charge in [0.15, 0.2) is 0 Å². The first kappa shape index (κ1) is 15.6. The number of rotatable bonds is 3. The predicted molar refractivity (Wildman–Crippen MR) is 94.0 cm³/mol. The quantitative estimate of drug-likeness (QED) is 0.932. The summed E-state index contributed by atoms with van der Waals surface area (Å²) in [4.78, 5) is 18.7. The molecule has 1 aromatic heterocycles. The second kappa shape index (κ2) is 6.84. The number of hydrogen-bond acceptors (Lipinski definition) is 3. The van der Waals surface area contributed by atoms with Crippen LogP contribution >= 0.6 is 11.6 Å². The lowest BCUT2D eigenvalue weighted by Gasteiger charge is -2.27. The lowest BCUT2D eigenvalue weighted by molar-refractivity contribution is -0.113. The van der Waals surface area contributed by atoms with Crippen molar-refractivity contribution in [2.75, 3.05) is 23.3 Å². The van der Waals surface area contributed by atoms with Crippen LogP contribution in [0.1, 0.15) is 12.0 Å². The summed E-state index contributed by atoms with van der Waals surface area (Å²) in [7, 11) is 0. The Balaban J connectivity index is 1.65. The van der Waals surface area contributed by atoms with Crippen LogP contribution in [0.5, 0.6) is 0 Å². The maximum absolute atomic E-state index is 12.3. The van der Waals surface area contributed by atoms with Crippen molar-refractivity contribution >= 4 is 29.0 Å². The van der Waals surface area contributed by atoms with Crippen molar-refractivity contribution in [1.82, 2.24) is 4.98 Å². The second-order valence-electron chi connectivity index (χ2n) is 5.55. The van der Waals surface area contributed by atoms with E-state index in [1.165, 1.54) is 5.56 Å². The zero-order chi connectivity index (χ0) is 16.2. The molecule has 4 nitrogen and oxygen atoms in total. The standard InChI is InChI=1S/C18H18ClN3O/c1-13-4-6-15(7-5-13)21-18(23)14-8-11-22(12-9-14)17-16(19)3-2-10-20-17/h2-8,10H,9,11-12H2,1H3,(H,21,23). The Morgan fingerprint density at radius 3 is 2.70 bits per heavy atom. The van der Waals surface area contributed by atoms with Gasteiger partial charge in [0.05, 0.1) is 5.02 Å². The summed E-state index contributed by atoms with van der Waals surface area (Å²) < 4.78 is 0. The van der Waals surface area contributed by atoms with Crippen LogP contribution in [0.15, 0.2) is 54.2 Å². The summed E-state index contributed by atoms with van der Waals surface area (Å²) >= 11 is 6.17. The summed E-state index contributed by atoms with van der Waals surface area (Å²) in [6.45, 7) is 3.38. The molecule has 0 bridgehead atoms. The van der Waals surface area contributed by atoms with Crippen LogP contribution in [0.2, 0.25) is 5.02 Å². The number of carbonyl (C=O) groups excluding carboxylic acids is 1. The third-order valence-electron chi connectivity index (χ3n) is 3.85. The zero-order valence-electron chi connectivity index (χ0n) is 12.9. The average molecular weight is 328 g/mol. The van der Waals surface area contributed by atoms with E-state index in [4.69, 9.17) is 11.6 Å². The topological polar surface area (TPSA) is 45.2 Å². The molecule has 1 aliphatic heterocycles. The van der Waals surface area contributed by atoms with Gasteiger partial charge in [-0.05, 0) is 37.6 Å². The van der Waals surface area contributed by atoms with Gasteiger partial charge in [-0.1, -0.05) is 35.4 Å². The number of benzene rings is 1. The van der Waals surface area contributed by atoms with E-state index in [-0.39, 0.29) is 5.91 Å². The van der Waals surface area contributed by atoms with Gasteiger partial charge in [-0.3, -0.25) is 4.79 Å². The van der Waals surface area contributed by atoms with Crippen molar-refractivity contribution in [2.24, 2.45) is 0 Å². The fourth-order valence-corrected chi connectivity index (χ4v) is 2.77. The third kappa shape index (κ3) is 3.71. The maximum atomic E-state index is 12.3. The Labute approximate surface area is 140 Å². The Hall–Kier alpha value is -2.33. The van der Waals surface area contributed by atoms with E-state index >= 15 is 0 Å². The normalized spacial score (nSPS) is 14.3. The van der Waals surface area contributed by atoms with Gasteiger partial charge in [-0.15, -0.1) is 0 Å². The number of amides is 1. The van der Waals surface area contributed by atoms with Gasteiger partial charge in [-0.2, -0.15) is 0 Å². The van der Waals surface area contributed by atoms with Crippen LogP contribution in [-0.2, 0) is 4.79 Å². The van der Waals surface area contributed by atoms with Crippen LogP contribution in [0.3, 0.4) is 0 Å². The molecule has 5 heteroatoms. The average Bonchev–Trinajstić information content (AvgIpc) is 2.57. The third-order valence-corrected chi connectivity index (χ3v) is 4.14. The monoisotopic (exact) mass is 327 g/mol. The maximum Gasteiger partial charge on any atom is 0.251 e. The molecular formula is C18H18ClN3O. The number of nitrogens with one attached hydrogen (secondary N) is 1. The molecule has 2 heterocycles. The fourth-order valence-electron chi connectivity index (χ4n) is 2.53. The molecule has 0 atom stereocenters. The molecule has 0 saturated carbocycles. The zero-order valence-corrected chi connectivity index (χ0v) is 13.7. The molecule has 1 aliphatic rings. The Morgan fingerprint density at radius 1 is 1.26 bits per heavy atom. The molecule has 0 unspecified atom stereocenters. The minimum absolute atomic E-state index is 0.0411. The van der Waals surface area contributed by atoms with Crippen molar-refractivity contribution in [2.45, 2.75) is 13.3 Å². The highest BCUT2D eigenvalue weighted by Crippen LogP contribution is 2.25. The highest BCUT2D eigenvalue weighted by atomic mass is 35.5. The SMILES string of the molecule is Cc1ccc(NC(=O)C2=CCN(c3ncccc3Cl)CC2)cc1. The van der Waals surface area contributed by atoms with E-state index in [2.05, 4.69) is 15.2 Å². The molecule has 0 fully saturated rings. The van der Waals surface area contributed by atoms with Crippen LogP contribution < -0.4 is 10.2 Å². The van der Waals surface area contributed by atoms with Gasteiger partial charge in [0, 0.05) is 30.5 Å². The summed E-state index contributed by atoms with van der Waals surface area (Å²) in [6, 6.07) is 11.4. The first-order valence-electron chi connectivity index (χ1n) is 7.56. The molecule has 23 heavy (non-hydrogen) atoms. The fraction of sp³-hybridized carbons (Fsp3) is 0.222. The van der Waals surface area contributed by atoms with E-state index in [0.717, 1.165) is 23.6 Å². The summed E-state index contributed by atoms with van der Waals surface area (Å²) in [5.41, 5.74) is 2.79. The van der Waals surface area contributed by atoms with Crippen molar-refractivity contribution in [1.29, 1.82) is 0 Å². The molecule has 1 amide bonds.